The SMILES string of the molecule is CC1C(=O)On2c(CCN3CCN(c4ccccc4)CC3)nc3c4c(c5ccccc5c32)OC(=O)CC1(O)C(=O)O4. The van der Waals surface area contributed by atoms with E-state index in [9.17, 15) is 19.5 Å². The molecule has 0 spiro atoms. The average molecular weight is 557 g/mol. The van der Waals surface area contributed by atoms with Gasteiger partial charge in [0.2, 0.25) is 5.75 Å². The number of imidazole rings is 1. The largest absolute Gasteiger partial charge is 0.422 e. The van der Waals surface area contributed by atoms with Crippen LogP contribution in [0.15, 0.2) is 54.6 Å². The Morgan fingerprint density at radius 2 is 1.63 bits per heavy atom. The van der Waals surface area contributed by atoms with Crippen LogP contribution in [0.2, 0.25) is 0 Å². The summed E-state index contributed by atoms with van der Waals surface area (Å²) in [6.45, 7) is 5.44. The maximum Gasteiger partial charge on any atom is 0.345 e. The Kier molecular flexibility index (Phi) is 5.95. The van der Waals surface area contributed by atoms with Crippen LogP contribution in [0.1, 0.15) is 19.2 Å². The number of benzene rings is 3. The van der Waals surface area contributed by atoms with Gasteiger partial charge in [0, 0.05) is 55.6 Å². The first-order chi connectivity index (χ1) is 19.8. The fourth-order valence-electron chi connectivity index (χ4n) is 5.86. The molecule has 11 nitrogen and oxygen atoms in total. The molecule has 4 aromatic rings. The highest BCUT2D eigenvalue weighted by Crippen LogP contribution is 2.46. The van der Waals surface area contributed by atoms with Crippen LogP contribution < -0.4 is 19.2 Å². The van der Waals surface area contributed by atoms with Crippen molar-refractivity contribution in [3.8, 4) is 11.5 Å². The summed E-state index contributed by atoms with van der Waals surface area (Å²) in [7, 11) is 0. The van der Waals surface area contributed by atoms with Crippen LogP contribution >= 0.6 is 0 Å². The van der Waals surface area contributed by atoms with Crippen LogP contribution in [0.25, 0.3) is 21.8 Å². The predicted octanol–water partition coefficient (Wildman–Crippen LogP) is 2.10. The number of ether oxygens (including phenoxy) is 2. The molecule has 1 N–H and O–H groups in total. The maximum atomic E-state index is 13.4. The van der Waals surface area contributed by atoms with Crippen LogP contribution in [0, 0.1) is 5.92 Å². The van der Waals surface area contributed by atoms with Gasteiger partial charge >= 0.3 is 17.9 Å². The van der Waals surface area contributed by atoms with Gasteiger partial charge in [-0.1, -0.05) is 42.5 Å². The topological polar surface area (TPSA) is 123 Å². The van der Waals surface area contributed by atoms with E-state index in [1.54, 1.807) is 18.2 Å². The Hall–Kier alpha value is -4.48. The highest BCUT2D eigenvalue weighted by atomic mass is 16.7. The second kappa shape index (κ2) is 9.57. The Bertz CT molecular complexity index is 1710. The molecule has 41 heavy (non-hydrogen) atoms. The van der Waals surface area contributed by atoms with Gasteiger partial charge in [0.25, 0.3) is 0 Å². The number of aliphatic hydroxyl groups is 1. The number of hydrogen-bond donors (Lipinski definition) is 1. The molecule has 5 bridgehead atoms. The van der Waals surface area contributed by atoms with Gasteiger partial charge in [-0.3, -0.25) is 9.69 Å². The molecule has 11 heteroatoms. The first kappa shape index (κ1) is 25.5. The van der Waals surface area contributed by atoms with Crippen molar-refractivity contribution >= 4 is 45.4 Å². The van der Waals surface area contributed by atoms with Crippen LogP contribution in [-0.4, -0.2) is 76.0 Å². The van der Waals surface area contributed by atoms with Gasteiger partial charge in [-0.2, -0.15) is 4.73 Å². The van der Waals surface area contributed by atoms with Gasteiger partial charge in [0.1, 0.15) is 16.9 Å². The predicted molar refractivity (Wildman–Crippen MR) is 148 cm³/mol. The van der Waals surface area contributed by atoms with E-state index in [0.29, 0.717) is 35.1 Å². The van der Waals surface area contributed by atoms with Crippen LogP contribution in [0.5, 0.6) is 11.5 Å². The molecule has 3 aromatic carbocycles. The molecule has 2 unspecified atom stereocenters. The van der Waals surface area contributed by atoms with Gasteiger partial charge in [-0.05, 0) is 19.1 Å². The molecule has 7 rings (SSSR count). The van der Waals surface area contributed by atoms with Crippen molar-refractivity contribution < 1.29 is 33.8 Å². The molecule has 1 aromatic heterocycles. The fraction of sp³-hybridized carbons (Fsp3) is 0.333. The van der Waals surface area contributed by atoms with E-state index < -0.39 is 35.8 Å². The standard InChI is InChI=1S/C30H28N4O7/c1-18-28(36)41-34-22(11-12-32-13-15-33(16-14-32)19-7-3-2-4-8-19)31-24-25(34)20-9-5-6-10-21(20)26-27(24)40-29(37)30(18,38)17-23(35)39-26/h2-10,18,38H,11-17H2,1H3. The number of hydrogen-bond acceptors (Lipinski definition) is 10. The lowest BCUT2D eigenvalue weighted by atomic mass is 9.85. The van der Waals surface area contributed by atoms with E-state index in [-0.39, 0.29) is 17.0 Å². The molecule has 0 radical (unpaired) electrons. The number of fused-ring (bicyclic) bond motifs is 4. The number of carbonyl (C=O) groups excluding carboxylic acids is 3. The Morgan fingerprint density at radius 3 is 2.39 bits per heavy atom. The molecular formula is C30H28N4O7. The zero-order valence-electron chi connectivity index (χ0n) is 22.4. The zero-order chi connectivity index (χ0) is 28.3. The normalized spacial score (nSPS) is 23.0. The summed E-state index contributed by atoms with van der Waals surface area (Å²) < 4.78 is 12.8. The number of piperazine rings is 1. The van der Waals surface area contributed by atoms with E-state index in [2.05, 4.69) is 21.9 Å². The van der Waals surface area contributed by atoms with E-state index in [1.807, 2.05) is 24.3 Å². The first-order valence-electron chi connectivity index (χ1n) is 13.7. The van der Waals surface area contributed by atoms with Crippen LogP contribution in [-0.2, 0) is 20.8 Å². The second-order valence-electron chi connectivity index (χ2n) is 10.7. The third-order valence-corrected chi connectivity index (χ3v) is 8.33. The number of carbonyl (C=O) groups is 3. The smallest absolute Gasteiger partial charge is 0.345 e. The minimum Gasteiger partial charge on any atom is -0.422 e. The highest BCUT2D eigenvalue weighted by Gasteiger charge is 2.52. The minimum absolute atomic E-state index is 0.0429. The number of esters is 2. The summed E-state index contributed by atoms with van der Waals surface area (Å²) in [5.41, 5.74) is -0.654. The van der Waals surface area contributed by atoms with E-state index in [4.69, 9.17) is 19.3 Å². The Labute approximate surface area is 234 Å². The van der Waals surface area contributed by atoms with Gasteiger partial charge in [-0.15, -0.1) is 0 Å². The summed E-state index contributed by atoms with van der Waals surface area (Å²) in [5, 5.41) is 12.3. The van der Waals surface area contributed by atoms with E-state index in [1.165, 1.54) is 17.3 Å². The van der Waals surface area contributed by atoms with Crippen LogP contribution in [0.4, 0.5) is 5.69 Å². The third kappa shape index (κ3) is 4.11. The summed E-state index contributed by atoms with van der Waals surface area (Å²) >= 11 is 0. The van der Waals surface area contributed by atoms with Gasteiger partial charge in [0.15, 0.2) is 11.4 Å². The molecular weight excluding hydrogens is 528 g/mol. The van der Waals surface area contributed by atoms with Crippen molar-refractivity contribution in [1.29, 1.82) is 0 Å². The van der Waals surface area contributed by atoms with Crippen molar-refractivity contribution in [2.75, 3.05) is 37.6 Å². The second-order valence-corrected chi connectivity index (χ2v) is 10.7. The third-order valence-electron chi connectivity index (χ3n) is 8.33. The molecule has 0 amide bonds. The Balaban J connectivity index is 1.29. The summed E-state index contributed by atoms with van der Waals surface area (Å²) in [5.74, 6) is -3.92. The summed E-state index contributed by atoms with van der Waals surface area (Å²) in [4.78, 5) is 54.9. The highest BCUT2D eigenvalue weighted by molar-refractivity contribution is 6.13. The van der Waals surface area contributed by atoms with Crippen molar-refractivity contribution in [2.24, 2.45) is 5.92 Å². The van der Waals surface area contributed by atoms with Crippen molar-refractivity contribution in [3.63, 3.8) is 0 Å². The number of nitrogens with zero attached hydrogens (tertiary/aromatic N) is 4. The molecule has 2 atom stereocenters. The van der Waals surface area contributed by atoms with Crippen molar-refractivity contribution in [3.05, 3.63) is 60.4 Å². The lowest BCUT2D eigenvalue weighted by Gasteiger charge is -2.36. The number of rotatable bonds is 4. The maximum absolute atomic E-state index is 13.4. The van der Waals surface area contributed by atoms with Gasteiger partial charge < -0.3 is 24.3 Å². The van der Waals surface area contributed by atoms with E-state index in [0.717, 1.165) is 26.2 Å². The average Bonchev–Trinajstić information content (AvgIpc) is 3.34. The summed E-state index contributed by atoms with van der Waals surface area (Å²) in [6, 6.07) is 17.4. The molecule has 210 valence electrons. The van der Waals surface area contributed by atoms with Crippen LogP contribution in [0.3, 0.4) is 0 Å². The fourth-order valence-corrected chi connectivity index (χ4v) is 5.86. The number of anilines is 1. The molecule has 3 aliphatic rings. The molecule has 0 saturated carbocycles. The number of para-hydroxylation sites is 1. The lowest BCUT2D eigenvalue weighted by molar-refractivity contribution is -0.179. The van der Waals surface area contributed by atoms with Gasteiger partial charge in [0.05, 0.1) is 12.3 Å². The molecule has 0 aliphatic carbocycles. The monoisotopic (exact) mass is 556 g/mol. The minimum atomic E-state index is -2.47. The van der Waals surface area contributed by atoms with Crippen molar-refractivity contribution in [1.82, 2.24) is 14.6 Å². The molecule has 1 saturated heterocycles. The first-order valence-corrected chi connectivity index (χ1v) is 13.7. The molecule has 4 heterocycles. The zero-order valence-corrected chi connectivity index (χ0v) is 22.4. The number of aromatic nitrogens is 2. The lowest BCUT2D eigenvalue weighted by Crippen LogP contribution is -2.54. The van der Waals surface area contributed by atoms with Crippen molar-refractivity contribution in [2.45, 2.75) is 25.4 Å². The quantitative estimate of drug-likeness (QED) is 0.295. The molecule has 3 aliphatic heterocycles. The van der Waals surface area contributed by atoms with E-state index >= 15 is 0 Å². The van der Waals surface area contributed by atoms with Gasteiger partial charge in [-0.25, -0.2) is 14.6 Å². The molecule has 1 fully saturated rings. The summed E-state index contributed by atoms with van der Waals surface area (Å²) in [6.07, 6.45) is -0.335. The Morgan fingerprint density at radius 1 is 0.927 bits per heavy atom.